The molecule has 0 aliphatic heterocycles. The fourth-order valence-corrected chi connectivity index (χ4v) is 1.93. The molecule has 0 amide bonds. The molecule has 18 heavy (non-hydrogen) atoms. The molecule has 0 fully saturated rings. The van der Waals surface area contributed by atoms with Gasteiger partial charge >= 0.3 is 0 Å². The first kappa shape index (κ1) is 10.7. The molecule has 3 aromatic rings. The summed E-state index contributed by atoms with van der Waals surface area (Å²) in [6.45, 7) is 0. The van der Waals surface area contributed by atoms with Gasteiger partial charge in [0.25, 0.3) is 0 Å². The molecule has 0 atom stereocenters. The lowest BCUT2D eigenvalue weighted by Gasteiger charge is -1.99. The summed E-state index contributed by atoms with van der Waals surface area (Å²) in [7, 11) is 0. The number of carbonyl (C=O) groups excluding carboxylic acids is 1. The number of rotatable bonds is 3. The van der Waals surface area contributed by atoms with Crippen molar-refractivity contribution in [3.8, 4) is 0 Å². The monoisotopic (exact) mass is 237 g/mol. The normalized spacial score (nSPS) is 10.7. The van der Waals surface area contributed by atoms with Crippen LogP contribution in [0.15, 0.2) is 55.1 Å². The van der Waals surface area contributed by atoms with Crippen molar-refractivity contribution in [2.45, 2.75) is 6.42 Å². The van der Waals surface area contributed by atoms with E-state index in [9.17, 15) is 4.79 Å². The second-order valence-electron chi connectivity index (χ2n) is 4.04. The van der Waals surface area contributed by atoms with Crippen molar-refractivity contribution >= 4 is 11.3 Å². The first-order chi connectivity index (χ1) is 8.84. The van der Waals surface area contributed by atoms with Crippen LogP contribution in [-0.2, 0) is 6.42 Å². The Balaban J connectivity index is 1.93. The van der Waals surface area contributed by atoms with Gasteiger partial charge in [0.15, 0.2) is 5.78 Å². The summed E-state index contributed by atoms with van der Waals surface area (Å²) in [5.74, 6) is 0.0717. The maximum atomic E-state index is 12.2. The molecular formula is C14H11N3O. The molecule has 0 bridgehead atoms. The van der Waals surface area contributed by atoms with E-state index < -0.39 is 0 Å². The van der Waals surface area contributed by atoms with Crippen LogP contribution >= 0.6 is 0 Å². The average Bonchev–Trinajstić information content (AvgIpc) is 2.84. The van der Waals surface area contributed by atoms with Gasteiger partial charge in [0.05, 0.1) is 17.3 Å². The number of ketones is 1. The molecule has 4 heteroatoms. The Morgan fingerprint density at radius 3 is 2.83 bits per heavy atom. The van der Waals surface area contributed by atoms with Crippen molar-refractivity contribution in [1.29, 1.82) is 0 Å². The molecular weight excluding hydrogens is 226 g/mol. The lowest BCUT2D eigenvalue weighted by Crippen LogP contribution is -2.03. The van der Waals surface area contributed by atoms with E-state index in [0.717, 1.165) is 11.1 Å². The Hall–Kier alpha value is -2.49. The lowest BCUT2D eigenvalue weighted by atomic mass is 10.1. The van der Waals surface area contributed by atoms with Crippen LogP contribution in [0.5, 0.6) is 0 Å². The van der Waals surface area contributed by atoms with Crippen molar-refractivity contribution in [1.82, 2.24) is 14.6 Å². The fourth-order valence-electron chi connectivity index (χ4n) is 1.93. The van der Waals surface area contributed by atoms with Gasteiger partial charge < -0.3 is 0 Å². The molecule has 88 valence electrons. The van der Waals surface area contributed by atoms with Gasteiger partial charge in [-0.1, -0.05) is 6.07 Å². The summed E-state index contributed by atoms with van der Waals surface area (Å²) in [5.41, 5.74) is 2.47. The van der Waals surface area contributed by atoms with Gasteiger partial charge in [-0.2, -0.15) is 5.10 Å². The highest BCUT2D eigenvalue weighted by Crippen LogP contribution is 2.13. The van der Waals surface area contributed by atoms with E-state index in [1.807, 2.05) is 36.5 Å². The van der Waals surface area contributed by atoms with Gasteiger partial charge in [0.1, 0.15) is 0 Å². The summed E-state index contributed by atoms with van der Waals surface area (Å²) in [6.07, 6.45) is 7.22. The number of Topliss-reactive ketones (excluding diaryl/α,β-unsaturated/α-hetero) is 1. The number of fused-ring (bicyclic) bond motifs is 1. The van der Waals surface area contributed by atoms with Crippen molar-refractivity contribution in [2.75, 3.05) is 0 Å². The van der Waals surface area contributed by atoms with Gasteiger partial charge in [-0.3, -0.25) is 9.78 Å². The number of hydrogen-bond acceptors (Lipinski definition) is 3. The molecule has 3 aromatic heterocycles. The standard InChI is InChI=1S/C14H11N3O/c18-14(9-11-4-6-15-7-5-11)12-10-16-17-8-2-1-3-13(12)17/h1-8,10H,9H2. The maximum Gasteiger partial charge on any atom is 0.171 e. The van der Waals surface area contributed by atoms with E-state index in [0.29, 0.717) is 12.0 Å². The van der Waals surface area contributed by atoms with Gasteiger partial charge in [-0.05, 0) is 29.8 Å². The van der Waals surface area contributed by atoms with Gasteiger partial charge in [0.2, 0.25) is 0 Å². The van der Waals surface area contributed by atoms with E-state index in [2.05, 4.69) is 10.1 Å². The molecule has 0 aliphatic carbocycles. The van der Waals surface area contributed by atoms with Crippen LogP contribution in [0.2, 0.25) is 0 Å². The third kappa shape index (κ3) is 1.88. The van der Waals surface area contributed by atoms with Gasteiger partial charge in [-0.15, -0.1) is 0 Å². The van der Waals surface area contributed by atoms with Crippen LogP contribution in [0.1, 0.15) is 15.9 Å². The Kier molecular flexibility index (Phi) is 2.61. The van der Waals surface area contributed by atoms with Crippen LogP contribution in [-0.4, -0.2) is 20.4 Å². The molecule has 4 nitrogen and oxygen atoms in total. The van der Waals surface area contributed by atoms with E-state index in [1.54, 1.807) is 23.1 Å². The number of carbonyl (C=O) groups is 1. The van der Waals surface area contributed by atoms with Gasteiger partial charge in [0, 0.05) is 25.0 Å². The highest BCUT2D eigenvalue weighted by atomic mass is 16.1. The summed E-state index contributed by atoms with van der Waals surface area (Å²) in [4.78, 5) is 16.2. The molecule has 0 spiro atoms. The largest absolute Gasteiger partial charge is 0.294 e. The molecule has 0 N–H and O–H groups in total. The molecule has 3 heterocycles. The molecule has 0 unspecified atom stereocenters. The maximum absolute atomic E-state index is 12.2. The molecule has 0 radical (unpaired) electrons. The third-order valence-electron chi connectivity index (χ3n) is 2.84. The molecule has 0 saturated heterocycles. The van der Waals surface area contributed by atoms with Crippen LogP contribution in [0.3, 0.4) is 0 Å². The Morgan fingerprint density at radius 2 is 2.00 bits per heavy atom. The number of nitrogens with zero attached hydrogens (tertiary/aromatic N) is 3. The van der Waals surface area contributed by atoms with Crippen LogP contribution in [0, 0.1) is 0 Å². The zero-order valence-electron chi connectivity index (χ0n) is 9.65. The molecule has 0 saturated carbocycles. The van der Waals surface area contributed by atoms with E-state index in [4.69, 9.17) is 0 Å². The molecule has 0 aromatic carbocycles. The first-order valence-corrected chi connectivity index (χ1v) is 5.69. The Morgan fingerprint density at radius 1 is 1.17 bits per heavy atom. The fraction of sp³-hybridized carbons (Fsp3) is 0.0714. The first-order valence-electron chi connectivity index (χ1n) is 5.69. The minimum atomic E-state index is 0.0717. The third-order valence-corrected chi connectivity index (χ3v) is 2.84. The zero-order chi connectivity index (χ0) is 12.4. The highest BCUT2D eigenvalue weighted by Gasteiger charge is 2.12. The summed E-state index contributed by atoms with van der Waals surface area (Å²) >= 11 is 0. The van der Waals surface area contributed by atoms with E-state index in [-0.39, 0.29) is 5.78 Å². The summed E-state index contributed by atoms with van der Waals surface area (Å²) in [5, 5.41) is 4.16. The molecule has 3 rings (SSSR count). The predicted molar refractivity (Wildman–Crippen MR) is 67.5 cm³/mol. The number of hydrogen-bond donors (Lipinski definition) is 0. The second-order valence-corrected chi connectivity index (χ2v) is 4.04. The minimum absolute atomic E-state index is 0.0717. The SMILES string of the molecule is O=C(Cc1ccncc1)c1cnn2ccccc12. The van der Waals surface area contributed by atoms with Crippen molar-refractivity contribution in [3.05, 3.63) is 66.2 Å². The summed E-state index contributed by atoms with van der Waals surface area (Å²) < 4.78 is 1.71. The van der Waals surface area contributed by atoms with Crippen LogP contribution < -0.4 is 0 Å². The van der Waals surface area contributed by atoms with Crippen molar-refractivity contribution in [2.24, 2.45) is 0 Å². The van der Waals surface area contributed by atoms with Crippen molar-refractivity contribution in [3.63, 3.8) is 0 Å². The highest BCUT2D eigenvalue weighted by molar-refractivity contribution is 6.03. The van der Waals surface area contributed by atoms with E-state index in [1.165, 1.54) is 0 Å². The average molecular weight is 237 g/mol. The zero-order valence-corrected chi connectivity index (χ0v) is 9.65. The quantitative estimate of drug-likeness (QED) is 0.656. The number of pyridine rings is 2. The second kappa shape index (κ2) is 4.41. The predicted octanol–water partition coefficient (Wildman–Crippen LogP) is 2.15. The van der Waals surface area contributed by atoms with Crippen LogP contribution in [0.4, 0.5) is 0 Å². The minimum Gasteiger partial charge on any atom is -0.294 e. The topological polar surface area (TPSA) is 47.3 Å². The van der Waals surface area contributed by atoms with Crippen molar-refractivity contribution < 1.29 is 4.79 Å². The lowest BCUT2D eigenvalue weighted by molar-refractivity contribution is 0.0994. The Bertz CT molecular complexity index is 688. The van der Waals surface area contributed by atoms with Crippen LogP contribution in [0.25, 0.3) is 5.52 Å². The van der Waals surface area contributed by atoms with Gasteiger partial charge in [-0.25, -0.2) is 4.52 Å². The molecule has 0 aliphatic rings. The van der Waals surface area contributed by atoms with E-state index >= 15 is 0 Å². The summed E-state index contributed by atoms with van der Waals surface area (Å²) in [6, 6.07) is 9.39. The Labute approximate surface area is 104 Å². The number of aromatic nitrogens is 3. The smallest absolute Gasteiger partial charge is 0.171 e.